The lowest BCUT2D eigenvalue weighted by molar-refractivity contribution is 0.0998. The minimum atomic E-state index is -3.33. The van der Waals surface area contributed by atoms with Crippen LogP contribution >= 0.6 is 0 Å². The zero-order valence-corrected chi connectivity index (χ0v) is 17.9. The number of fused-ring (bicyclic) bond motifs is 1. The number of hydrogen-bond donors (Lipinski definition) is 1. The van der Waals surface area contributed by atoms with Gasteiger partial charge in [0.1, 0.15) is 5.58 Å². The van der Waals surface area contributed by atoms with Crippen LogP contribution in [0.15, 0.2) is 52.9 Å². The lowest BCUT2D eigenvalue weighted by atomic mass is 10.1. The molecule has 7 heteroatoms. The Balaban J connectivity index is 1.56. The van der Waals surface area contributed by atoms with Gasteiger partial charge in [0.25, 0.3) is 5.91 Å². The number of para-hydroxylation sites is 1. The molecule has 1 N–H and O–H groups in total. The largest absolute Gasteiger partial charge is 0.451 e. The van der Waals surface area contributed by atoms with E-state index in [0.717, 1.165) is 25.0 Å². The number of carbonyl (C=O) groups is 1. The molecule has 0 atom stereocenters. The molecule has 0 unspecified atom stereocenters. The van der Waals surface area contributed by atoms with Gasteiger partial charge in [0.15, 0.2) is 15.6 Å². The molecule has 2 aromatic carbocycles. The number of amides is 1. The van der Waals surface area contributed by atoms with Crippen LogP contribution in [0, 0.1) is 0 Å². The smallest absolute Gasteiger partial charge is 0.291 e. The van der Waals surface area contributed by atoms with E-state index in [0.29, 0.717) is 22.2 Å². The SMILES string of the molecule is CS(=O)(=O)Cc1c(C(=O)Nc2ccc(N3CCCCCC3)cc2)oc2ccccc12. The van der Waals surface area contributed by atoms with E-state index in [1.54, 1.807) is 24.3 Å². The van der Waals surface area contributed by atoms with Crippen LogP contribution in [-0.2, 0) is 15.6 Å². The highest BCUT2D eigenvalue weighted by Crippen LogP contribution is 2.29. The quantitative estimate of drug-likeness (QED) is 0.644. The summed E-state index contributed by atoms with van der Waals surface area (Å²) in [6.45, 7) is 2.11. The van der Waals surface area contributed by atoms with Gasteiger partial charge >= 0.3 is 0 Å². The van der Waals surface area contributed by atoms with Gasteiger partial charge in [-0.05, 0) is 43.2 Å². The molecule has 1 aliphatic heterocycles. The maximum atomic E-state index is 12.9. The lowest BCUT2D eigenvalue weighted by Crippen LogP contribution is -2.23. The third kappa shape index (κ3) is 4.67. The lowest BCUT2D eigenvalue weighted by Gasteiger charge is -2.22. The highest BCUT2D eigenvalue weighted by Gasteiger charge is 2.23. The zero-order valence-electron chi connectivity index (χ0n) is 17.1. The summed E-state index contributed by atoms with van der Waals surface area (Å²) in [5.41, 5.74) is 2.69. The number of anilines is 2. The Hall–Kier alpha value is -2.80. The Bertz CT molecular complexity index is 1140. The van der Waals surface area contributed by atoms with Crippen LogP contribution in [0.25, 0.3) is 11.0 Å². The fraction of sp³-hybridized carbons (Fsp3) is 0.348. The summed E-state index contributed by atoms with van der Waals surface area (Å²) < 4.78 is 29.5. The van der Waals surface area contributed by atoms with Crippen molar-refractivity contribution in [2.75, 3.05) is 29.6 Å². The highest BCUT2D eigenvalue weighted by atomic mass is 32.2. The molecule has 0 radical (unpaired) electrons. The molecule has 0 saturated carbocycles. The first-order valence-corrected chi connectivity index (χ1v) is 12.3. The van der Waals surface area contributed by atoms with Crippen LogP contribution in [0.1, 0.15) is 41.8 Å². The molecular formula is C23H26N2O4S. The van der Waals surface area contributed by atoms with Gasteiger partial charge in [-0.15, -0.1) is 0 Å². The Kier molecular flexibility index (Phi) is 5.81. The van der Waals surface area contributed by atoms with Crippen molar-refractivity contribution < 1.29 is 17.6 Å². The second-order valence-electron chi connectivity index (χ2n) is 7.88. The minimum absolute atomic E-state index is 0.0400. The molecule has 0 bridgehead atoms. The van der Waals surface area contributed by atoms with E-state index < -0.39 is 15.7 Å². The predicted octanol–water partition coefficient (Wildman–Crippen LogP) is 4.61. The van der Waals surface area contributed by atoms with E-state index in [1.807, 2.05) is 24.3 Å². The van der Waals surface area contributed by atoms with Crippen LogP contribution in [0.4, 0.5) is 11.4 Å². The Morgan fingerprint density at radius 3 is 2.33 bits per heavy atom. The zero-order chi connectivity index (χ0) is 21.1. The third-order valence-electron chi connectivity index (χ3n) is 5.41. The van der Waals surface area contributed by atoms with E-state index in [4.69, 9.17) is 4.42 Å². The maximum Gasteiger partial charge on any atom is 0.291 e. The number of nitrogens with one attached hydrogen (secondary N) is 1. The fourth-order valence-corrected chi connectivity index (χ4v) is 4.77. The summed E-state index contributed by atoms with van der Waals surface area (Å²) in [6.07, 6.45) is 6.11. The molecule has 6 nitrogen and oxygen atoms in total. The Labute approximate surface area is 176 Å². The Morgan fingerprint density at radius 1 is 1.00 bits per heavy atom. The van der Waals surface area contributed by atoms with Crippen molar-refractivity contribution in [3.05, 3.63) is 59.9 Å². The van der Waals surface area contributed by atoms with Crippen LogP contribution in [0.3, 0.4) is 0 Å². The second kappa shape index (κ2) is 8.52. The fourth-order valence-electron chi connectivity index (χ4n) is 3.96. The molecule has 30 heavy (non-hydrogen) atoms. The number of rotatable bonds is 5. The predicted molar refractivity (Wildman–Crippen MR) is 120 cm³/mol. The van der Waals surface area contributed by atoms with Gasteiger partial charge in [0, 0.05) is 41.7 Å². The standard InChI is InChI=1S/C23H26N2O4S/c1-30(27,28)16-20-19-8-4-5-9-21(19)29-22(20)23(26)24-17-10-12-18(13-11-17)25-14-6-2-3-7-15-25/h4-5,8-13H,2-3,6-7,14-16H2,1H3,(H,24,26). The monoisotopic (exact) mass is 426 g/mol. The third-order valence-corrected chi connectivity index (χ3v) is 6.22. The van der Waals surface area contributed by atoms with Crippen LogP contribution in [-0.4, -0.2) is 33.7 Å². The molecule has 0 aliphatic carbocycles. The first kappa shape index (κ1) is 20.5. The molecule has 0 spiro atoms. The summed E-state index contributed by atoms with van der Waals surface area (Å²) in [5.74, 6) is -0.661. The van der Waals surface area contributed by atoms with Crippen molar-refractivity contribution in [3.63, 3.8) is 0 Å². The van der Waals surface area contributed by atoms with Gasteiger partial charge in [-0.25, -0.2) is 8.42 Å². The molecule has 2 heterocycles. The normalized spacial score (nSPS) is 15.2. The second-order valence-corrected chi connectivity index (χ2v) is 10.0. The maximum absolute atomic E-state index is 12.9. The number of furan rings is 1. The van der Waals surface area contributed by atoms with Crippen molar-refractivity contribution in [1.29, 1.82) is 0 Å². The molecule has 1 saturated heterocycles. The number of carbonyl (C=O) groups excluding carboxylic acids is 1. The average Bonchev–Trinajstić information content (AvgIpc) is 2.89. The number of benzene rings is 2. The Morgan fingerprint density at radius 2 is 1.67 bits per heavy atom. The minimum Gasteiger partial charge on any atom is -0.451 e. The first-order chi connectivity index (χ1) is 14.4. The average molecular weight is 427 g/mol. The molecular weight excluding hydrogens is 400 g/mol. The van der Waals surface area contributed by atoms with Crippen LogP contribution < -0.4 is 10.2 Å². The van der Waals surface area contributed by atoms with E-state index in [2.05, 4.69) is 10.2 Å². The van der Waals surface area contributed by atoms with Gasteiger partial charge < -0.3 is 14.6 Å². The number of hydrogen-bond acceptors (Lipinski definition) is 5. The van der Waals surface area contributed by atoms with Gasteiger partial charge in [0.05, 0.1) is 5.75 Å². The topological polar surface area (TPSA) is 79.6 Å². The van der Waals surface area contributed by atoms with Crippen molar-refractivity contribution in [2.24, 2.45) is 0 Å². The van der Waals surface area contributed by atoms with E-state index in [-0.39, 0.29) is 11.5 Å². The van der Waals surface area contributed by atoms with Gasteiger partial charge in [-0.1, -0.05) is 31.0 Å². The molecule has 1 amide bonds. The molecule has 1 aliphatic rings. The first-order valence-electron chi connectivity index (χ1n) is 10.3. The van der Waals surface area contributed by atoms with E-state index >= 15 is 0 Å². The van der Waals surface area contributed by atoms with E-state index in [9.17, 15) is 13.2 Å². The molecule has 3 aromatic rings. The number of sulfone groups is 1. The molecule has 1 fully saturated rings. The summed E-state index contributed by atoms with van der Waals surface area (Å²) in [5, 5.41) is 3.48. The van der Waals surface area contributed by atoms with Crippen LogP contribution in [0.2, 0.25) is 0 Å². The van der Waals surface area contributed by atoms with Crippen molar-refractivity contribution in [3.8, 4) is 0 Å². The molecule has 4 rings (SSSR count). The van der Waals surface area contributed by atoms with Crippen molar-refractivity contribution in [1.82, 2.24) is 0 Å². The number of nitrogens with zero attached hydrogens (tertiary/aromatic N) is 1. The summed E-state index contributed by atoms with van der Waals surface area (Å²) in [7, 11) is -3.33. The summed E-state index contributed by atoms with van der Waals surface area (Å²) >= 11 is 0. The van der Waals surface area contributed by atoms with Crippen molar-refractivity contribution >= 4 is 38.1 Å². The molecule has 158 valence electrons. The molecule has 1 aromatic heterocycles. The van der Waals surface area contributed by atoms with Gasteiger partial charge in [-0.3, -0.25) is 4.79 Å². The van der Waals surface area contributed by atoms with Gasteiger partial charge in [-0.2, -0.15) is 0 Å². The van der Waals surface area contributed by atoms with Gasteiger partial charge in [0.2, 0.25) is 0 Å². The van der Waals surface area contributed by atoms with Crippen LogP contribution in [0.5, 0.6) is 0 Å². The summed E-state index contributed by atoms with van der Waals surface area (Å²) in [4.78, 5) is 15.3. The highest BCUT2D eigenvalue weighted by molar-refractivity contribution is 7.89. The van der Waals surface area contributed by atoms with Crippen molar-refractivity contribution in [2.45, 2.75) is 31.4 Å². The van der Waals surface area contributed by atoms with E-state index in [1.165, 1.54) is 25.7 Å². The summed E-state index contributed by atoms with van der Waals surface area (Å²) in [6, 6.07) is 14.9.